The topological polar surface area (TPSA) is 59.8 Å². The average molecular weight is 288 g/mol. The molecular weight excluding hydrogens is 264 g/mol. The standard InChI is InChI=1S/C16H24N4O/c21-16(5-2-6-20-10-17-9-18-20)19-15-8-11-7-14(15)13-4-1-3-12(11)13/h9-15H,1-8H2,(H,19,21)/t11-,12+,13+,14+,15-/m1/s1. The summed E-state index contributed by atoms with van der Waals surface area (Å²) in [6.07, 6.45) is 11.6. The summed E-state index contributed by atoms with van der Waals surface area (Å²) in [4.78, 5) is 16.1. The monoisotopic (exact) mass is 288 g/mol. The molecule has 1 N–H and O–H groups in total. The second-order valence-electron chi connectivity index (χ2n) is 7.09. The summed E-state index contributed by atoms with van der Waals surface area (Å²) in [7, 11) is 0. The van der Waals surface area contributed by atoms with Crippen molar-refractivity contribution in [2.45, 2.75) is 57.5 Å². The largest absolute Gasteiger partial charge is 0.353 e. The normalized spacial score (nSPS) is 36.9. The number of carbonyl (C=O) groups excluding carboxylic acids is 1. The Morgan fingerprint density at radius 2 is 2.14 bits per heavy atom. The number of fused-ring (bicyclic) bond motifs is 5. The van der Waals surface area contributed by atoms with E-state index in [9.17, 15) is 4.79 Å². The predicted octanol–water partition coefficient (Wildman–Crippen LogP) is 2.00. The molecule has 5 atom stereocenters. The summed E-state index contributed by atoms with van der Waals surface area (Å²) >= 11 is 0. The summed E-state index contributed by atoms with van der Waals surface area (Å²) in [5.41, 5.74) is 0. The van der Waals surface area contributed by atoms with Crippen LogP contribution in [0.3, 0.4) is 0 Å². The van der Waals surface area contributed by atoms with Crippen LogP contribution in [0.2, 0.25) is 0 Å². The molecule has 1 aromatic rings. The molecule has 1 amide bonds. The van der Waals surface area contributed by atoms with Crippen molar-refractivity contribution >= 4 is 5.91 Å². The molecule has 0 aliphatic heterocycles. The molecule has 3 saturated carbocycles. The first-order valence-electron chi connectivity index (χ1n) is 8.43. The summed E-state index contributed by atoms with van der Waals surface area (Å²) in [6.45, 7) is 0.773. The lowest BCUT2D eigenvalue weighted by atomic mass is 9.79. The first-order valence-corrected chi connectivity index (χ1v) is 8.43. The maximum absolute atomic E-state index is 12.1. The van der Waals surface area contributed by atoms with Gasteiger partial charge in [0.1, 0.15) is 12.7 Å². The van der Waals surface area contributed by atoms with Crippen molar-refractivity contribution in [3.63, 3.8) is 0 Å². The van der Waals surface area contributed by atoms with Gasteiger partial charge in [-0.3, -0.25) is 9.48 Å². The lowest BCUT2D eigenvalue weighted by molar-refractivity contribution is -0.122. The van der Waals surface area contributed by atoms with E-state index in [2.05, 4.69) is 15.4 Å². The minimum Gasteiger partial charge on any atom is -0.353 e. The minimum absolute atomic E-state index is 0.224. The molecular formula is C16H24N4O. The van der Waals surface area contributed by atoms with E-state index in [0.29, 0.717) is 12.5 Å². The third-order valence-electron chi connectivity index (χ3n) is 6.03. The van der Waals surface area contributed by atoms with Crippen molar-refractivity contribution in [1.29, 1.82) is 0 Å². The summed E-state index contributed by atoms with van der Waals surface area (Å²) in [5.74, 6) is 3.83. The van der Waals surface area contributed by atoms with Crippen LogP contribution in [0.1, 0.15) is 44.9 Å². The Morgan fingerprint density at radius 1 is 1.24 bits per heavy atom. The zero-order chi connectivity index (χ0) is 14.2. The highest BCUT2D eigenvalue weighted by Gasteiger charge is 2.53. The highest BCUT2D eigenvalue weighted by molar-refractivity contribution is 5.76. The Kier molecular flexibility index (Phi) is 3.43. The molecule has 5 nitrogen and oxygen atoms in total. The molecule has 3 aliphatic rings. The lowest BCUT2D eigenvalue weighted by Gasteiger charge is -2.32. The minimum atomic E-state index is 0.224. The molecule has 21 heavy (non-hydrogen) atoms. The molecule has 0 radical (unpaired) electrons. The van der Waals surface area contributed by atoms with Crippen LogP contribution in [-0.2, 0) is 11.3 Å². The van der Waals surface area contributed by atoms with Crippen LogP contribution in [0.25, 0.3) is 0 Å². The van der Waals surface area contributed by atoms with E-state index >= 15 is 0 Å². The van der Waals surface area contributed by atoms with Crippen LogP contribution in [0.5, 0.6) is 0 Å². The maximum atomic E-state index is 12.1. The van der Waals surface area contributed by atoms with E-state index in [0.717, 1.165) is 36.6 Å². The molecule has 1 heterocycles. The molecule has 3 fully saturated rings. The fourth-order valence-electron chi connectivity index (χ4n) is 5.26. The third-order valence-corrected chi connectivity index (χ3v) is 6.03. The Labute approximate surface area is 125 Å². The van der Waals surface area contributed by atoms with Gasteiger partial charge in [0.25, 0.3) is 0 Å². The first-order chi connectivity index (χ1) is 10.3. The Hall–Kier alpha value is -1.39. The fourth-order valence-corrected chi connectivity index (χ4v) is 5.26. The molecule has 0 aromatic carbocycles. The van der Waals surface area contributed by atoms with E-state index in [1.807, 2.05) is 0 Å². The van der Waals surface area contributed by atoms with Crippen molar-refractivity contribution in [2.75, 3.05) is 0 Å². The number of rotatable bonds is 5. The molecule has 5 heteroatoms. The number of amides is 1. The van der Waals surface area contributed by atoms with Gasteiger partial charge >= 0.3 is 0 Å². The number of nitrogens with zero attached hydrogens (tertiary/aromatic N) is 3. The van der Waals surface area contributed by atoms with Gasteiger partial charge in [-0.05, 0) is 55.8 Å². The molecule has 0 saturated heterocycles. The molecule has 1 aromatic heterocycles. The molecule has 0 unspecified atom stereocenters. The van der Waals surface area contributed by atoms with E-state index in [4.69, 9.17) is 0 Å². The number of aryl methyl sites for hydroxylation is 1. The van der Waals surface area contributed by atoms with Gasteiger partial charge in [0.2, 0.25) is 5.91 Å². The smallest absolute Gasteiger partial charge is 0.220 e. The highest BCUT2D eigenvalue weighted by atomic mass is 16.1. The van der Waals surface area contributed by atoms with Crippen molar-refractivity contribution in [3.05, 3.63) is 12.7 Å². The average Bonchev–Trinajstić information content (AvgIpc) is 3.21. The van der Waals surface area contributed by atoms with Gasteiger partial charge in [-0.2, -0.15) is 5.10 Å². The van der Waals surface area contributed by atoms with Gasteiger partial charge < -0.3 is 5.32 Å². The summed E-state index contributed by atoms with van der Waals surface area (Å²) in [6, 6.07) is 0.466. The number of carbonyl (C=O) groups is 1. The third kappa shape index (κ3) is 2.47. The maximum Gasteiger partial charge on any atom is 0.220 e. The second kappa shape index (κ2) is 5.43. The van der Waals surface area contributed by atoms with Crippen LogP contribution >= 0.6 is 0 Å². The van der Waals surface area contributed by atoms with Crippen molar-refractivity contribution < 1.29 is 4.79 Å². The van der Waals surface area contributed by atoms with Gasteiger partial charge in [0.05, 0.1) is 0 Å². The fraction of sp³-hybridized carbons (Fsp3) is 0.812. The first kappa shape index (κ1) is 13.3. The summed E-state index contributed by atoms with van der Waals surface area (Å²) < 4.78 is 1.79. The predicted molar refractivity (Wildman–Crippen MR) is 78.2 cm³/mol. The summed E-state index contributed by atoms with van der Waals surface area (Å²) in [5, 5.41) is 7.38. The molecule has 3 aliphatic carbocycles. The molecule has 0 spiro atoms. The van der Waals surface area contributed by atoms with E-state index in [1.54, 1.807) is 11.0 Å². The molecule has 2 bridgehead atoms. The lowest BCUT2D eigenvalue weighted by Crippen LogP contribution is -2.42. The van der Waals surface area contributed by atoms with Crippen molar-refractivity contribution in [2.24, 2.45) is 23.7 Å². The molecule has 114 valence electrons. The van der Waals surface area contributed by atoms with Crippen molar-refractivity contribution in [3.8, 4) is 0 Å². The Bertz CT molecular complexity index is 500. The highest BCUT2D eigenvalue weighted by Crippen LogP contribution is 2.58. The van der Waals surface area contributed by atoms with E-state index in [-0.39, 0.29) is 5.91 Å². The van der Waals surface area contributed by atoms with Gasteiger partial charge in [0, 0.05) is 19.0 Å². The van der Waals surface area contributed by atoms with Gasteiger partial charge in [-0.1, -0.05) is 6.42 Å². The number of hydrogen-bond acceptors (Lipinski definition) is 3. The van der Waals surface area contributed by atoms with Gasteiger partial charge in [-0.25, -0.2) is 4.98 Å². The second-order valence-corrected chi connectivity index (χ2v) is 7.09. The van der Waals surface area contributed by atoms with Gasteiger partial charge in [-0.15, -0.1) is 0 Å². The Morgan fingerprint density at radius 3 is 3.00 bits per heavy atom. The van der Waals surface area contributed by atoms with Crippen LogP contribution < -0.4 is 5.32 Å². The van der Waals surface area contributed by atoms with E-state index in [1.165, 1.54) is 38.4 Å². The zero-order valence-electron chi connectivity index (χ0n) is 12.4. The zero-order valence-corrected chi connectivity index (χ0v) is 12.4. The SMILES string of the molecule is O=C(CCCn1cncn1)N[C@@H]1C[C@H]2C[C@H]1[C@H]1CCC[C@@H]21. The van der Waals surface area contributed by atoms with Crippen LogP contribution in [0.4, 0.5) is 0 Å². The van der Waals surface area contributed by atoms with Crippen molar-refractivity contribution in [1.82, 2.24) is 20.1 Å². The Balaban J connectivity index is 1.24. The van der Waals surface area contributed by atoms with Crippen LogP contribution in [0.15, 0.2) is 12.7 Å². The number of aromatic nitrogens is 3. The molecule has 4 rings (SSSR count). The quantitative estimate of drug-likeness (QED) is 0.901. The van der Waals surface area contributed by atoms with Gasteiger partial charge in [0.15, 0.2) is 0 Å². The van der Waals surface area contributed by atoms with Crippen LogP contribution in [-0.4, -0.2) is 26.7 Å². The van der Waals surface area contributed by atoms with E-state index < -0.39 is 0 Å². The number of nitrogens with one attached hydrogen (secondary N) is 1. The van der Waals surface area contributed by atoms with Crippen LogP contribution in [0, 0.1) is 23.7 Å². The number of hydrogen-bond donors (Lipinski definition) is 1.